The first-order valence-electron chi connectivity index (χ1n) is 5.75. The average Bonchev–Trinajstić information content (AvgIpc) is 2.78. The molecule has 1 heterocycles. The van der Waals surface area contributed by atoms with Crippen LogP contribution in [0.4, 0.5) is 10.1 Å². The van der Waals surface area contributed by atoms with Gasteiger partial charge >= 0.3 is 0 Å². The molecule has 1 aromatic carbocycles. The predicted molar refractivity (Wildman–Crippen MR) is 74.4 cm³/mol. The van der Waals surface area contributed by atoms with E-state index in [1.807, 2.05) is 13.0 Å². The van der Waals surface area contributed by atoms with E-state index in [0.717, 1.165) is 5.69 Å². The zero-order chi connectivity index (χ0) is 14.0. The van der Waals surface area contributed by atoms with Crippen LogP contribution in [0.5, 0.6) is 0 Å². The number of nitrogens with zero attached hydrogens (tertiary/aromatic N) is 2. The Hall–Kier alpha value is -1.69. The minimum atomic E-state index is -0.502. The van der Waals surface area contributed by atoms with E-state index in [9.17, 15) is 9.18 Å². The highest BCUT2D eigenvalue weighted by atomic mass is 79.9. The monoisotopic (exact) mass is 325 g/mol. The van der Waals surface area contributed by atoms with Crippen molar-refractivity contribution in [2.45, 2.75) is 19.9 Å². The third kappa shape index (κ3) is 3.01. The van der Waals surface area contributed by atoms with E-state index in [-0.39, 0.29) is 11.6 Å². The Kier molecular flexibility index (Phi) is 3.99. The Labute approximate surface area is 118 Å². The zero-order valence-electron chi connectivity index (χ0n) is 10.5. The van der Waals surface area contributed by atoms with Crippen LogP contribution in [-0.2, 0) is 4.79 Å². The van der Waals surface area contributed by atoms with Gasteiger partial charge in [0.1, 0.15) is 11.9 Å². The highest BCUT2D eigenvalue weighted by Gasteiger charge is 2.18. The Morgan fingerprint density at radius 2 is 2.21 bits per heavy atom. The largest absolute Gasteiger partial charge is 0.322 e. The van der Waals surface area contributed by atoms with Crippen molar-refractivity contribution in [1.29, 1.82) is 0 Å². The van der Waals surface area contributed by atoms with E-state index in [2.05, 4.69) is 26.3 Å². The molecule has 0 spiro atoms. The minimum absolute atomic E-state index is 0.157. The normalized spacial score (nSPS) is 12.2. The van der Waals surface area contributed by atoms with Crippen LogP contribution in [-0.4, -0.2) is 15.7 Å². The van der Waals surface area contributed by atoms with E-state index in [1.54, 1.807) is 23.9 Å². The first-order valence-corrected chi connectivity index (χ1v) is 6.54. The van der Waals surface area contributed by atoms with E-state index in [4.69, 9.17) is 0 Å². The van der Waals surface area contributed by atoms with Gasteiger partial charge in [0, 0.05) is 16.4 Å². The number of benzene rings is 1. The minimum Gasteiger partial charge on any atom is -0.322 e. The van der Waals surface area contributed by atoms with E-state index >= 15 is 0 Å². The van der Waals surface area contributed by atoms with Crippen LogP contribution in [0.15, 0.2) is 34.9 Å². The molecule has 0 saturated carbocycles. The van der Waals surface area contributed by atoms with Gasteiger partial charge in [0.15, 0.2) is 0 Å². The van der Waals surface area contributed by atoms with E-state index in [0.29, 0.717) is 4.47 Å². The number of anilines is 1. The number of rotatable bonds is 3. The molecule has 1 atom stereocenters. The summed E-state index contributed by atoms with van der Waals surface area (Å²) in [5.41, 5.74) is 1.03. The number of aryl methyl sites for hydroxylation is 1. The molecule has 1 unspecified atom stereocenters. The molecule has 6 heteroatoms. The molecule has 2 rings (SSSR count). The highest BCUT2D eigenvalue weighted by molar-refractivity contribution is 9.10. The van der Waals surface area contributed by atoms with Gasteiger partial charge in [-0.05, 0) is 38.1 Å². The van der Waals surface area contributed by atoms with Crippen LogP contribution in [0.2, 0.25) is 0 Å². The number of hydrogen-bond donors (Lipinski definition) is 1. The summed E-state index contributed by atoms with van der Waals surface area (Å²) in [4.78, 5) is 12.0. The van der Waals surface area contributed by atoms with Crippen molar-refractivity contribution >= 4 is 27.5 Å². The first kappa shape index (κ1) is 13.7. The van der Waals surface area contributed by atoms with Crippen molar-refractivity contribution < 1.29 is 9.18 Å². The second-order valence-electron chi connectivity index (χ2n) is 4.21. The molecule has 1 amide bonds. The van der Waals surface area contributed by atoms with Crippen LogP contribution >= 0.6 is 15.9 Å². The topological polar surface area (TPSA) is 46.9 Å². The van der Waals surface area contributed by atoms with Crippen LogP contribution in [0.25, 0.3) is 0 Å². The van der Waals surface area contributed by atoms with E-state index in [1.165, 1.54) is 12.1 Å². The lowest BCUT2D eigenvalue weighted by atomic mass is 10.2. The summed E-state index contributed by atoms with van der Waals surface area (Å²) < 4.78 is 15.8. The summed E-state index contributed by atoms with van der Waals surface area (Å²) in [5, 5.41) is 6.63. The number of halogens is 2. The van der Waals surface area contributed by atoms with Crippen molar-refractivity contribution in [3.8, 4) is 0 Å². The summed E-state index contributed by atoms with van der Waals surface area (Å²) >= 11 is 3.17. The molecule has 0 aliphatic rings. The second kappa shape index (κ2) is 5.52. The SMILES string of the molecule is Cc1ccnn1C(C)C(=O)Nc1ccc(Br)cc1F. The molecule has 0 fully saturated rings. The fourth-order valence-corrected chi connectivity index (χ4v) is 2.06. The molecule has 0 bridgehead atoms. The van der Waals surface area contributed by atoms with Gasteiger partial charge in [-0.25, -0.2) is 4.39 Å². The number of carbonyl (C=O) groups is 1. The third-order valence-corrected chi connectivity index (χ3v) is 3.30. The molecular formula is C13H13BrFN3O. The Bertz CT molecular complexity index is 612. The van der Waals surface area contributed by atoms with Crippen molar-refractivity contribution in [2.24, 2.45) is 0 Å². The maximum atomic E-state index is 13.6. The van der Waals surface area contributed by atoms with Gasteiger partial charge in [-0.1, -0.05) is 15.9 Å². The lowest BCUT2D eigenvalue weighted by Gasteiger charge is -2.14. The Morgan fingerprint density at radius 3 is 2.79 bits per heavy atom. The summed E-state index contributed by atoms with van der Waals surface area (Å²) in [6.07, 6.45) is 1.62. The fourth-order valence-electron chi connectivity index (χ4n) is 1.73. The maximum absolute atomic E-state index is 13.6. The summed E-state index contributed by atoms with van der Waals surface area (Å²) in [6.45, 7) is 3.57. The highest BCUT2D eigenvalue weighted by Crippen LogP contribution is 2.20. The molecular weight excluding hydrogens is 313 g/mol. The van der Waals surface area contributed by atoms with Gasteiger partial charge in [-0.2, -0.15) is 5.10 Å². The molecule has 0 saturated heterocycles. The Morgan fingerprint density at radius 1 is 1.47 bits per heavy atom. The van der Waals surface area contributed by atoms with Gasteiger partial charge < -0.3 is 5.32 Å². The quantitative estimate of drug-likeness (QED) is 0.941. The molecule has 0 radical (unpaired) electrons. The van der Waals surface area contributed by atoms with Crippen molar-refractivity contribution in [2.75, 3.05) is 5.32 Å². The Balaban J connectivity index is 2.15. The average molecular weight is 326 g/mol. The van der Waals surface area contributed by atoms with Gasteiger partial charge in [0.05, 0.1) is 5.69 Å². The van der Waals surface area contributed by atoms with Crippen LogP contribution in [0.1, 0.15) is 18.7 Å². The molecule has 1 N–H and O–H groups in total. The van der Waals surface area contributed by atoms with Gasteiger partial charge in [-0.3, -0.25) is 9.48 Å². The number of hydrogen-bond acceptors (Lipinski definition) is 2. The smallest absolute Gasteiger partial charge is 0.249 e. The van der Waals surface area contributed by atoms with Crippen molar-refractivity contribution in [3.63, 3.8) is 0 Å². The zero-order valence-corrected chi connectivity index (χ0v) is 12.1. The first-order chi connectivity index (χ1) is 8.99. The standard InChI is InChI=1S/C13H13BrFN3O/c1-8-5-6-16-18(8)9(2)13(19)17-12-4-3-10(14)7-11(12)15/h3-7,9H,1-2H3,(H,17,19). The fraction of sp³-hybridized carbons (Fsp3) is 0.231. The number of carbonyl (C=O) groups excluding carboxylic acids is 1. The van der Waals surface area contributed by atoms with E-state index < -0.39 is 11.9 Å². The number of aromatic nitrogens is 2. The van der Waals surface area contributed by atoms with Gasteiger partial charge in [0.25, 0.3) is 0 Å². The second-order valence-corrected chi connectivity index (χ2v) is 5.12. The predicted octanol–water partition coefficient (Wildman–Crippen LogP) is 3.29. The van der Waals surface area contributed by atoms with Crippen molar-refractivity contribution in [3.05, 3.63) is 46.4 Å². The molecule has 0 aliphatic carbocycles. The lowest BCUT2D eigenvalue weighted by molar-refractivity contribution is -0.119. The van der Waals surface area contributed by atoms with Crippen LogP contribution < -0.4 is 5.32 Å². The van der Waals surface area contributed by atoms with Crippen LogP contribution in [0, 0.1) is 12.7 Å². The maximum Gasteiger partial charge on any atom is 0.249 e. The van der Waals surface area contributed by atoms with Crippen LogP contribution in [0.3, 0.4) is 0 Å². The molecule has 0 aliphatic heterocycles. The lowest BCUT2D eigenvalue weighted by Crippen LogP contribution is -2.25. The third-order valence-electron chi connectivity index (χ3n) is 2.80. The molecule has 19 heavy (non-hydrogen) atoms. The summed E-state index contributed by atoms with van der Waals surface area (Å²) in [6, 6.07) is 5.80. The van der Waals surface area contributed by atoms with Crippen molar-refractivity contribution in [1.82, 2.24) is 9.78 Å². The molecule has 100 valence electrons. The molecule has 2 aromatic rings. The summed E-state index contributed by atoms with van der Waals surface area (Å²) in [7, 11) is 0. The summed E-state index contributed by atoms with van der Waals surface area (Å²) in [5.74, 6) is -0.792. The molecule has 4 nitrogen and oxygen atoms in total. The number of amides is 1. The van der Waals surface area contributed by atoms with Gasteiger partial charge in [-0.15, -0.1) is 0 Å². The number of nitrogens with one attached hydrogen (secondary N) is 1. The van der Waals surface area contributed by atoms with Gasteiger partial charge in [0.2, 0.25) is 5.91 Å². The molecule has 1 aromatic heterocycles.